The lowest BCUT2D eigenvalue weighted by Crippen LogP contribution is -1.97. The summed E-state index contributed by atoms with van der Waals surface area (Å²) in [5.41, 5.74) is 0. The van der Waals surface area contributed by atoms with E-state index in [9.17, 15) is 5.11 Å². The van der Waals surface area contributed by atoms with Crippen LogP contribution in [0.1, 0.15) is 12.8 Å². The van der Waals surface area contributed by atoms with Gasteiger partial charge in [0.15, 0.2) is 0 Å². The van der Waals surface area contributed by atoms with Crippen LogP contribution < -0.4 is 0 Å². The van der Waals surface area contributed by atoms with E-state index < -0.39 is 0 Å². The molecule has 0 aromatic heterocycles. The summed E-state index contributed by atoms with van der Waals surface area (Å²) < 4.78 is 5.04. The van der Waals surface area contributed by atoms with Gasteiger partial charge in [-0.3, -0.25) is 0 Å². The zero-order valence-electron chi connectivity index (χ0n) is 5.64. The summed E-state index contributed by atoms with van der Waals surface area (Å²) in [6, 6.07) is 0. The first kappa shape index (κ1) is 8.66. The molecule has 0 aromatic carbocycles. The van der Waals surface area contributed by atoms with E-state index in [2.05, 4.69) is 6.58 Å². The summed E-state index contributed by atoms with van der Waals surface area (Å²) in [5, 5.41) is 9.86. The Balaban J connectivity index is 2.66. The van der Waals surface area contributed by atoms with Crippen molar-refractivity contribution in [3.05, 3.63) is 12.7 Å². The predicted octanol–water partition coefficient (Wildman–Crippen LogP) is 1.40. The monoisotopic (exact) mass is 129 g/mol. The molecule has 0 aliphatic carbocycles. The van der Waals surface area contributed by atoms with Gasteiger partial charge in [0, 0.05) is 13.2 Å². The van der Waals surface area contributed by atoms with Crippen molar-refractivity contribution in [1.29, 1.82) is 0 Å². The van der Waals surface area contributed by atoms with Gasteiger partial charge < -0.3 is 4.74 Å². The molecule has 0 heterocycles. The molecule has 0 atom stereocenters. The molecule has 0 saturated carbocycles. The van der Waals surface area contributed by atoms with Crippen molar-refractivity contribution in [1.82, 2.24) is 0 Å². The summed E-state index contributed by atoms with van der Waals surface area (Å²) in [6.07, 6.45) is 3.30. The van der Waals surface area contributed by atoms with Crippen LogP contribution >= 0.6 is 0 Å². The molecule has 0 aliphatic heterocycles. The van der Waals surface area contributed by atoms with E-state index in [-0.39, 0.29) is 6.61 Å². The van der Waals surface area contributed by atoms with Gasteiger partial charge in [-0.25, -0.2) is 5.11 Å². The number of hydrogen-bond acceptors (Lipinski definition) is 1. The standard InChI is InChI=1S/C7H13O2/c1-2-3-6-9-7-4-5-8/h2H,1,3-7H2. The second kappa shape index (κ2) is 7.66. The molecule has 0 N–H and O–H groups in total. The van der Waals surface area contributed by atoms with Crippen molar-refractivity contribution in [2.45, 2.75) is 12.8 Å². The summed E-state index contributed by atoms with van der Waals surface area (Å²) in [4.78, 5) is 0. The van der Waals surface area contributed by atoms with Crippen molar-refractivity contribution in [2.24, 2.45) is 0 Å². The molecule has 0 amide bonds. The Labute approximate surface area is 56.1 Å². The van der Waals surface area contributed by atoms with E-state index in [0.29, 0.717) is 19.6 Å². The average Bonchev–Trinajstić information content (AvgIpc) is 1.89. The number of hydrogen-bond donors (Lipinski definition) is 0. The quantitative estimate of drug-likeness (QED) is 0.393. The lowest BCUT2D eigenvalue weighted by atomic mass is 10.4. The van der Waals surface area contributed by atoms with E-state index in [1.54, 1.807) is 6.08 Å². The van der Waals surface area contributed by atoms with Crippen LogP contribution in [0.3, 0.4) is 0 Å². The topological polar surface area (TPSA) is 29.1 Å². The lowest BCUT2D eigenvalue weighted by molar-refractivity contribution is 0.102. The number of ether oxygens (including phenoxy) is 1. The molecular formula is C7H13O2. The molecule has 9 heavy (non-hydrogen) atoms. The van der Waals surface area contributed by atoms with Gasteiger partial charge in [0.25, 0.3) is 0 Å². The highest BCUT2D eigenvalue weighted by molar-refractivity contribution is 4.64. The summed E-state index contributed by atoms with van der Waals surface area (Å²) >= 11 is 0. The second-order valence-corrected chi connectivity index (χ2v) is 1.75. The zero-order valence-corrected chi connectivity index (χ0v) is 5.64. The fraction of sp³-hybridized carbons (Fsp3) is 0.714. The Morgan fingerprint density at radius 2 is 2.22 bits per heavy atom. The predicted molar refractivity (Wildman–Crippen MR) is 35.8 cm³/mol. The first-order valence-corrected chi connectivity index (χ1v) is 3.18. The Hall–Kier alpha value is -0.340. The molecule has 0 aromatic rings. The normalized spacial score (nSPS) is 9.44. The van der Waals surface area contributed by atoms with Crippen molar-refractivity contribution in [3.8, 4) is 0 Å². The van der Waals surface area contributed by atoms with Gasteiger partial charge >= 0.3 is 0 Å². The molecule has 2 nitrogen and oxygen atoms in total. The van der Waals surface area contributed by atoms with E-state index in [1.807, 2.05) is 0 Å². The van der Waals surface area contributed by atoms with Crippen LogP contribution in [0, 0.1) is 0 Å². The molecule has 0 rings (SSSR count). The van der Waals surface area contributed by atoms with Crippen molar-refractivity contribution in [2.75, 3.05) is 19.8 Å². The average molecular weight is 129 g/mol. The van der Waals surface area contributed by atoms with Gasteiger partial charge in [-0.1, -0.05) is 6.08 Å². The minimum absolute atomic E-state index is 0.0336. The largest absolute Gasteiger partial charge is 0.381 e. The van der Waals surface area contributed by atoms with Gasteiger partial charge in [-0.05, 0) is 12.8 Å². The Morgan fingerprint density at radius 1 is 1.44 bits per heavy atom. The maximum atomic E-state index is 9.86. The van der Waals surface area contributed by atoms with Gasteiger partial charge in [-0.2, -0.15) is 0 Å². The molecule has 0 bridgehead atoms. The summed E-state index contributed by atoms with van der Waals surface area (Å²) in [7, 11) is 0. The summed E-state index contributed by atoms with van der Waals surface area (Å²) in [5.74, 6) is 0. The van der Waals surface area contributed by atoms with Crippen LogP contribution in [0.5, 0.6) is 0 Å². The van der Waals surface area contributed by atoms with Gasteiger partial charge in [0.05, 0.1) is 6.61 Å². The third-order valence-corrected chi connectivity index (χ3v) is 0.899. The first-order chi connectivity index (χ1) is 4.41. The molecule has 0 aliphatic rings. The van der Waals surface area contributed by atoms with Gasteiger partial charge in [0.1, 0.15) is 0 Å². The molecule has 2 heteroatoms. The molecule has 0 spiro atoms. The Morgan fingerprint density at radius 3 is 2.78 bits per heavy atom. The molecule has 0 unspecified atom stereocenters. The minimum atomic E-state index is -0.0336. The molecule has 0 saturated heterocycles. The fourth-order valence-electron chi connectivity index (χ4n) is 0.430. The van der Waals surface area contributed by atoms with E-state index >= 15 is 0 Å². The van der Waals surface area contributed by atoms with Crippen molar-refractivity contribution < 1.29 is 9.84 Å². The highest BCUT2D eigenvalue weighted by atomic mass is 16.5. The van der Waals surface area contributed by atoms with Crippen LogP contribution in [0.2, 0.25) is 0 Å². The minimum Gasteiger partial charge on any atom is -0.381 e. The van der Waals surface area contributed by atoms with Crippen LogP contribution in [-0.4, -0.2) is 19.8 Å². The molecule has 0 fully saturated rings. The Bertz CT molecular complexity index is 61.9. The van der Waals surface area contributed by atoms with Crippen LogP contribution in [0.15, 0.2) is 12.7 Å². The number of rotatable bonds is 6. The van der Waals surface area contributed by atoms with Crippen LogP contribution in [0.4, 0.5) is 0 Å². The zero-order chi connectivity index (χ0) is 6.95. The van der Waals surface area contributed by atoms with Gasteiger partial charge in [-0.15, -0.1) is 6.58 Å². The van der Waals surface area contributed by atoms with Crippen molar-refractivity contribution >= 4 is 0 Å². The maximum absolute atomic E-state index is 9.86. The Kier molecular flexibility index (Phi) is 7.37. The van der Waals surface area contributed by atoms with E-state index in [1.165, 1.54) is 0 Å². The maximum Gasteiger partial charge on any atom is 0.0844 e. The highest BCUT2D eigenvalue weighted by Crippen LogP contribution is 1.84. The first-order valence-electron chi connectivity index (χ1n) is 3.18. The molecular weight excluding hydrogens is 116 g/mol. The SMILES string of the molecule is C=CCCOCCC[O]. The third kappa shape index (κ3) is 7.66. The summed E-state index contributed by atoms with van der Waals surface area (Å²) in [6.45, 7) is 4.80. The smallest absolute Gasteiger partial charge is 0.0844 e. The lowest BCUT2D eigenvalue weighted by Gasteiger charge is -1.97. The second-order valence-electron chi connectivity index (χ2n) is 1.75. The van der Waals surface area contributed by atoms with E-state index in [4.69, 9.17) is 4.74 Å². The van der Waals surface area contributed by atoms with E-state index in [0.717, 1.165) is 6.42 Å². The van der Waals surface area contributed by atoms with Crippen molar-refractivity contribution in [3.63, 3.8) is 0 Å². The molecule has 53 valence electrons. The van der Waals surface area contributed by atoms with Crippen LogP contribution in [-0.2, 0) is 9.84 Å². The van der Waals surface area contributed by atoms with Crippen LogP contribution in [0.25, 0.3) is 0 Å². The highest BCUT2D eigenvalue weighted by Gasteiger charge is 1.84. The third-order valence-electron chi connectivity index (χ3n) is 0.899. The molecule has 1 radical (unpaired) electrons. The van der Waals surface area contributed by atoms with Gasteiger partial charge in [0.2, 0.25) is 0 Å². The fourth-order valence-corrected chi connectivity index (χ4v) is 0.430.